The first-order valence-corrected chi connectivity index (χ1v) is 9.50. The van der Waals surface area contributed by atoms with Crippen LogP contribution in [-0.2, 0) is 25.7 Å². The molecule has 24 heavy (non-hydrogen) atoms. The summed E-state index contributed by atoms with van der Waals surface area (Å²) < 4.78 is 0. The van der Waals surface area contributed by atoms with Gasteiger partial charge in [0.25, 0.3) is 11.5 Å². The van der Waals surface area contributed by atoms with Crippen molar-refractivity contribution in [1.29, 1.82) is 0 Å². The topological polar surface area (TPSA) is 66.1 Å². The van der Waals surface area contributed by atoms with E-state index in [9.17, 15) is 9.59 Å². The van der Waals surface area contributed by atoms with Gasteiger partial charge >= 0.3 is 0 Å². The zero-order valence-electron chi connectivity index (χ0n) is 13.6. The lowest BCUT2D eigenvalue weighted by atomic mass is 10.1. The Balaban J connectivity index is 1.54. The fraction of sp³-hybridized carbons (Fsp3) is 0.500. The highest BCUT2D eigenvalue weighted by molar-refractivity contribution is 7.14. The smallest absolute Gasteiger partial charge is 0.263 e. The second kappa shape index (κ2) is 6.51. The second-order valence-corrected chi connectivity index (χ2v) is 7.71. The van der Waals surface area contributed by atoms with Gasteiger partial charge in [-0.15, -0.1) is 11.3 Å². The molecule has 2 aromatic rings. The summed E-state index contributed by atoms with van der Waals surface area (Å²) in [5.41, 5.74) is 2.86. The Morgan fingerprint density at radius 1 is 1.12 bits per heavy atom. The summed E-state index contributed by atoms with van der Waals surface area (Å²) in [6, 6.07) is 2.11. The number of fused-ring (bicyclic) bond motifs is 2. The molecule has 0 atom stereocenters. The van der Waals surface area contributed by atoms with Crippen LogP contribution in [0.4, 0.5) is 0 Å². The maximum absolute atomic E-state index is 12.9. The molecule has 3 heterocycles. The van der Waals surface area contributed by atoms with Gasteiger partial charge in [0.15, 0.2) is 0 Å². The Hall–Kier alpha value is -1.95. The molecule has 1 aliphatic heterocycles. The number of aromatic amines is 1. The summed E-state index contributed by atoms with van der Waals surface area (Å²) in [5, 5.41) is 0. The van der Waals surface area contributed by atoms with E-state index in [1.54, 1.807) is 11.3 Å². The van der Waals surface area contributed by atoms with E-state index in [0.29, 0.717) is 25.9 Å². The van der Waals surface area contributed by atoms with Crippen molar-refractivity contribution in [1.82, 2.24) is 14.9 Å². The standard InChI is InChI=1S/C18H21N3O2S/c22-17-13-6-8-21(9-7-14(13)19-11-20-17)18(23)16-10-12-4-2-1-3-5-15(12)24-16/h10-11H,1-9H2,(H,19,20,22). The summed E-state index contributed by atoms with van der Waals surface area (Å²) in [5.74, 6) is 0.109. The zero-order chi connectivity index (χ0) is 16.5. The van der Waals surface area contributed by atoms with Crippen molar-refractivity contribution < 1.29 is 4.79 Å². The number of thiophene rings is 1. The van der Waals surface area contributed by atoms with E-state index in [1.807, 2.05) is 4.90 Å². The Kier molecular flexibility index (Phi) is 4.22. The summed E-state index contributed by atoms with van der Waals surface area (Å²) >= 11 is 1.67. The number of carbonyl (C=O) groups excluding carboxylic acids is 1. The molecule has 126 valence electrons. The lowest BCUT2D eigenvalue weighted by Crippen LogP contribution is -2.33. The van der Waals surface area contributed by atoms with Crippen molar-refractivity contribution in [2.75, 3.05) is 13.1 Å². The lowest BCUT2D eigenvalue weighted by molar-refractivity contribution is 0.0767. The van der Waals surface area contributed by atoms with E-state index in [2.05, 4.69) is 16.0 Å². The van der Waals surface area contributed by atoms with E-state index in [4.69, 9.17) is 0 Å². The fourth-order valence-corrected chi connectivity index (χ4v) is 4.89. The highest BCUT2D eigenvalue weighted by Crippen LogP contribution is 2.30. The highest BCUT2D eigenvalue weighted by Gasteiger charge is 2.24. The number of nitrogens with zero attached hydrogens (tertiary/aromatic N) is 2. The molecule has 0 unspecified atom stereocenters. The fourth-order valence-electron chi connectivity index (χ4n) is 3.67. The summed E-state index contributed by atoms with van der Waals surface area (Å²) in [4.78, 5) is 35.9. The van der Waals surface area contributed by atoms with Gasteiger partial charge in [0.1, 0.15) is 0 Å². The molecule has 4 rings (SSSR count). The third-order valence-corrected chi connectivity index (χ3v) is 6.26. The second-order valence-electron chi connectivity index (χ2n) is 6.57. The summed E-state index contributed by atoms with van der Waals surface area (Å²) in [7, 11) is 0. The minimum Gasteiger partial charge on any atom is -0.337 e. The molecular formula is C18H21N3O2S. The number of hydrogen-bond donors (Lipinski definition) is 1. The maximum Gasteiger partial charge on any atom is 0.263 e. The average molecular weight is 343 g/mol. The Morgan fingerprint density at radius 3 is 2.88 bits per heavy atom. The summed E-state index contributed by atoms with van der Waals surface area (Å²) in [6.07, 6.45) is 8.64. The van der Waals surface area contributed by atoms with Gasteiger partial charge in [-0.05, 0) is 43.7 Å². The van der Waals surface area contributed by atoms with Crippen LogP contribution in [0.15, 0.2) is 17.2 Å². The van der Waals surface area contributed by atoms with E-state index < -0.39 is 0 Å². The molecule has 1 amide bonds. The third-order valence-electron chi connectivity index (χ3n) is 5.03. The monoisotopic (exact) mass is 343 g/mol. The van der Waals surface area contributed by atoms with Gasteiger partial charge < -0.3 is 9.88 Å². The molecule has 0 aromatic carbocycles. The molecule has 0 bridgehead atoms. The first-order valence-electron chi connectivity index (χ1n) is 8.68. The lowest BCUT2D eigenvalue weighted by Gasteiger charge is -2.19. The number of carbonyl (C=O) groups is 1. The van der Waals surface area contributed by atoms with Gasteiger partial charge in [0.05, 0.1) is 16.9 Å². The third kappa shape index (κ3) is 2.90. The van der Waals surface area contributed by atoms with E-state index in [1.165, 1.54) is 36.0 Å². The van der Waals surface area contributed by atoms with E-state index in [-0.39, 0.29) is 11.5 Å². The van der Waals surface area contributed by atoms with Crippen LogP contribution in [-0.4, -0.2) is 33.9 Å². The van der Waals surface area contributed by atoms with Gasteiger partial charge in [0.2, 0.25) is 0 Å². The number of aryl methyl sites for hydroxylation is 2. The number of aromatic nitrogens is 2. The van der Waals surface area contributed by atoms with Gasteiger partial charge in [0, 0.05) is 30.0 Å². The molecule has 1 aliphatic carbocycles. The molecule has 2 aromatic heterocycles. The van der Waals surface area contributed by atoms with Crippen LogP contribution in [0.25, 0.3) is 0 Å². The van der Waals surface area contributed by atoms with Crippen LogP contribution in [0.2, 0.25) is 0 Å². The van der Waals surface area contributed by atoms with Crippen molar-refractivity contribution in [3.8, 4) is 0 Å². The normalized spacial score (nSPS) is 17.6. The van der Waals surface area contributed by atoms with Crippen LogP contribution in [0.5, 0.6) is 0 Å². The van der Waals surface area contributed by atoms with E-state index >= 15 is 0 Å². The molecule has 2 aliphatic rings. The van der Waals surface area contributed by atoms with Crippen LogP contribution in [0.3, 0.4) is 0 Å². The van der Waals surface area contributed by atoms with Crippen LogP contribution in [0, 0.1) is 0 Å². The Labute approximate surface area is 144 Å². The number of nitrogens with one attached hydrogen (secondary N) is 1. The number of rotatable bonds is 1. The number of H-pyrrole nitrogens is 1. The molecular weight excluding hydrogens is 322 g/mol. The quantitative estimate of drug-likeness (QED) is 0.808. The first kappa shape index (κ1) is 15.6. The van der Waals surface area contributed by atoms with Gasteiger partial charge in [-0.3, -0.25) is 9.59 Å². The SMILES string of the molecule is O=C(c1cc2c(s1)CCCCC2)N1CCc2nc[nH]c(=O)c2CC1. The Bertz CT molecular complexity index is 800. The predicted octanol–water partition coefficient (Wildman–Crippen LogP) is 2.34. The Morgan fingerprint density at radius 2 is 1.96 bits per heavy atom. The molecule has 0 spiro atoms. The number of hydrogen-bond acceptors (Lipinski definition) is 4. The van der Waals surface area contributed by atoms with Crippen molar-refractivity contribution in [3.05, 3.63) is 49.3 Å². The number of amides is 1. The summed E-state index contributed by atoms with van der Waals surface area (Å²) in [6.45, 7) is 1.22. The van der Waals surface area contributed by atoms with E-state index in [0.717, 1.165) is 29.0 Å². The van der Waals surface area contributed by atoms with Gasteiger partial charge in [-0.2, -0.15) is 0 Å². The average Bonchev–Trinajstić information content (AvgIpc) is 2.76. The van der Waals surface area contributed by atoms with Crippen molar-refractivity contribution in [2.24, 2.45) is 0 Å². The first-order chi connectivity index (χ1) is 11.7. The van der Waals surface area contributed by atoms with Crippen LogP contribution < -0.4 is 5.56 Å². The van der Waals surface area contributed by atoms with Crippen molar-refractivity contribution >= 4 is 17.2 Å². The van der Waals surface area contributed by atoms with Crippen molar-refractivity contribution in [3.63, 3.8) is 0 Å². The predicted molar refractivity (Wildman–Crippen MR) is 93.7 cm³/mol. The van der Waals surface area contributed by atoms with Gasteiger partial charge in [-0.25, -0.2) is 4.98 Å². The van der Waals surface area contributed by atoms with Gasteiger partial charge in [-0.1, -0.05) is 6.42 Å². The van der Waals surface area contributed by atoms with Crippen molar-refractivity contribution in [2.45, 2.75) is 44.9 Å². The van der Waals surface area contributed by atoms with Crippen LogP contribution >= 0.6 is 11.3 Å². The molecule has 0 radical (unpaired) electrons. The molecule has 1 N–H and O–H groups in total. The molecule has 0 saturated heterocycles. The minimum absolute atomic E-state index is 0.0721. The molecule has 0 saturated carbocycles. The highest BCUT2D eigenvalue weighted by atomic mass is 32.1. The maximum atomic E-state index is 12.9. The molecule has 5 nitrogen and oxygen atoms in total. The minimum atomic E-state index is -0.0721. The zero-order valence-corrected chi connectivity index (χ0v) is 14.5. The molecule has 0 fully saturated rings. The molecule has 6 heteroatoms. The van der Waals surface area contributed by atoms with Crippen LogP contribution in [0.1, 0.15) is 50.6 Å². The largest absolute Gasteiger partial charge is 0.337 e.